The van der Waals surface area contributed by atoms with Gasteiger partial charge in [0.1, 0.15) is 0 Å². The van der Waals surface area contributed by atoms with Crippen LogP contribution < -0.4 is 5.32 Å². The summed E-state index contributed by atoms with van der Waals surface area (Å²) in [5.74, 6) is 0. The van der Waals surface area contributed by atoms with Crippen LogP contribution in [0, 0.1) is 0 Å². The molecule has 1 rings (SSSR count). The largest absolute Gasteiger partial charge is 0.311 e. The van der Waals surface area contributed by atoms with Gasteiger partial charge in [-0.3, -0.25) is 4.68 Å². The third-order valence-electron chi connectivity index (χ3n) is 2.82. The van der Waals surface area contributed by atoms with Crippen LogP contribution in [0.4, 0.5) is 0 Å². The Hall–Kier alpha value is -0.870. The molecule has 0 fully saturated rings. The first-order valence-corrected chi connectivity index (χ1v) is 6.29. The van der Waals surface area contributed by atoms with Crippen molar-refractivity contribution < 1.29 is 0 Å². The zero-order chi connectivity index (χ0) is 12.9. The van der Waals surface area contributed by atoms with Crippen LogP contribution in [0.1, 0.15) is 26.5 Å². The van der Waals surface area contributed by atoms with Gasteiger partial charge < -0.3 is 10.2 Å². The molecule has 0 saturated heterocycles. The van der Waals surface area contributed by atoms with Crippen molar-refractivity contribution in [3.63, 3.8) is 0 Å². The Kier molecular flexibility index (Phi) is 5.15. The summed E-state index contributed by atoms with van der Waals surface area (Å²) in [7, 11) is 4.16. The maximum absolute atomic E-state index is 4.17. The van der Waals surface area contributed by atoms with Crippen molar-refractivity contribution in [2.45, 2.75) is 32.7 Å². The first kappa shape index (κ1) is 14.2. The molecule has 98 valence electrons. The zero-order valence-electron chi connectivity index (χ0n) is 11.8. The first-order chi connectivity index (χ1) is 7.88. The zero-order valence-corrected chi connectivity index (χ0v) is 11.8. The predicted octanol–water partition coefficient (Wildman–Crippen LogP) is 1.28. The minimum absolute atomic E-state index is 0.211. The standard InChI is InChI=1S/C13H26N4/c1-13(2,3)14-9-11-16(4)10-7-12-6-8-15-17(12)5/h6,8,14H,7,9-11H2,1-5H3. The van der Waals surface area contributed by atoms with Gasteiger partial charge in [0.15, 0.2) is 0 Å². The van der Waals surface area contributed by atoms with E-state index in [1.165, 1.54) is 5.69 Å². The smallest absolute Gasteiger partial charge is 0.0492 e. The van der Waals surface area contributed by atoms with E-state index in [1.54, 1.807) is 0 Å². The molecule has 0 aromatic carbocycles. The summed E-state index contributed by atoms with van der Waals surface area (Å²) in [5.41, 5.74) is 1.50. The van der Waals surface area contributed by atoms with Crippen molar-refractivity contribution >= 4 is 0 Å². The van der Waals surface area contributed by atoms with Gasteiger partial charge in [-0.2, -0.15) is 5.10 Å². The third-order valence-corrected chi connectivity index (χ3v) is 2.82. The highest BCUT2D eigenvalue weighted by molar-refractivity contribution is 5.00. The van der Waals surface area contributed by atoms with Crippen LogP contribution in [-0.2, 0) is 13.5 Å². The summed E-state index contributed by atoms with van der Waals surface area (Å²) in [6, 6.07) is 2.08. The number of rotatable bonds is 6. The topological polar surface area (TPSA) is 33.1 Å². The summed E-state index contributed by atoms with van der Waals surface area (Å²) in [5, 5.41) is 7.67. The van der Waals surface area contributed by atoms with E-state index in [0.29, 0.717) is 0 Å². The van der Waals surface area contributed by atoms with Gasteiger partial charge in [-0.05, 0) is 33.9 Å². The lowest BCUT2D eigenvalue weighted by Gasteiger charge is -2.23. The molecule has 4 heteroatoms. The van der Waals surface area contributed by atoms with E-state index in [0.717, 1.165) is 26.1 Å². The van der Waals surface area contributed by atoms with E-state index in [4.69, 9.17) is 0 Å². The molecule has 0 amide bonds. The number of nitrogens with one attached hydrogen (secondary N) is 1. The van der Waals surface area contributed by atoms with Crippen molar-refractivity contribution in [2.75, 3.05) is 26.7 Å². The second-order valence-corrected chi connectivity index (χ2v) is 5.68. The molecule has 0 radical (unpaired) electrons. The summed E-state index contributed by atoms with van der Waals surface area (Å²) in [6.07, 6.45) is 2.92. The van der Waals surface area contributed by atoms with Gasteiger partial charge >= 0.3 is 0 Å². The Labute approximate surface area is 105 Å². The van der Waals surface area contributed by atoms with Crippen LogP contribution in [0.5, 0.6) is 0 Å². The van der Waals surface area contributed by atoms with Crippen LogP contribution in [0.25, 0.3) is 0 Å². The predicted molar refractivity (Wildman–Crippen MR) is 72.2 cm³/mol. The highest BCUT2D eigenvalue weighted by atomic mass is 15.3. The molecule has 1 aromatic rings. The number of aryl methyl sites for hydroxylation is 1. The fraction of sp³-hybridized carbons (Fsp3) is 0.769. The average molecular weight is 238 g/mol. The summed E-state index contributed by atoms with van der Waals surface area (Å²) in [6.45, 7) is 9.78. The third kappa shape index (κ3) is 5.84. The summed E-state index contributed by atoms with van der Waals surface area (Å²) in [4.78, 5) is 2.35. The quantitative estimate of drug-likeness (QED) is 0.810. The van der Waals surface area contributed by atoms with E-state index in [1.807, 2.05) is 17.9 Å². The summed E-state index contributed by atoms with van der Waals surface area (Å²) < 4.78 is 1.95. The Morgan fingerprint density at radius 2 is 2.06 bits per heavy atom. The molecule has 0 spiro atoms. The molecular weight excluding hydrogens is 212 g/mol. The number of hydrogen-bond acceptors (Lipinski definition) is 3. The Bertz CT molecular complexity index is 324. The minimum Gasteiger partial charge on any atom is -0.311 e. The molecular formula is C13H26N4. The molecule has 0 saturated carbocycles. The van der Waals surface area contributed by atoms with E-state index < -0.39 is 0 Å². The summed E-state index contributed by atoms with van der Waals surface area (Å²) >= 11 is 0. The Morgan fingerprint density at radius 3 is 2.59 bits per heavy atom. The fourth-order valence-electron chi connectivity index (χ4n) is 1.69. The lowest BCUT2D eigenvalue weighted by molar-refractivity contribution is 0.310. The highest BCUT2D eigenvalue weighted by Gasteiger charge is 2.08. The van der Waals surface area contributed by atoms with Gasteiger partial charge in [0, 0.05) is 50.5 Å². The Balaban J connectivity index is 2.18. The number of nitrogens with zero attached hydrogens (tertiary/aromatic N) is 3. The van der Waals surface area contributed by atoms with Crippen molar-refractivity contribution in [1.82, 2.24) is 20.0 Å². The molecule has 4 nitrogen and oxygen atoms in total. The molecule has 1 N–H and O–H groups in total. The average Bonchev–Trinajstić information content (AvgIpc) is 2.59. The lowest BCUT2D eigenvalue weighted by atomic mass is 10.1. The van der Waals surface area contributed by atoms with Crippen molar-refractivity contribution in [1.29, 1.82) is 0 Å². The molecule has 0 bridgehead atoms. The first-order valence-electron chi connectivity index (χ1n) is 6.29. The van der Waals surface area contributed by atoms with E-state index >= 15 is 0 Å². The minimum atomic E-state index is 0.211. The lowest BCUT2D eigenvalue weighted by Crippen LogP contribution is -2.40. The molecule has 17 heavy (non-hydrogen) atoms. The van der Waals surface area contributed by atoms with Gasteiger partial charge in [-0.25, -0.2) is 0 Å². The molecule has 1 heterocycles. The van der Waals surface area contributed by atoms with Crippen LogP contribution in [0.15, 0.2) is 12.3 Å². The van der Waals surface area contributed by atoms with Gasteiger partial charge in [0.2, 0.25) is 0 Å². The second-order valence-electron chi connectivity index (χ2n) is 5.68. The Morgan fingerprint density at radius 1 is 1.35 bits per heavy atom. The highest BCUT2D eigenvalue weighted by Crippen LogP contribution is 2.00. The van der Waals surface area contributed by atoms with Gasteiger partial charge in [0.05, 0.1) is 0 Å². The monoisotopic (exact) mass is 238 g/mol. The van der Waals surface area contributed by atoms with Crippen LogP contribution in [0.3, 0.4) is 0 Å². The number of likely N-dealkylation sites (N-methyl/N-ethyl adjacent to an activating group) is 1. The molecule has 1 aromatic heterocycles. The molecule has 0 aliphatic rings. The SMILES string of the molecule is CN(CCNC(C)(C)C)CCc1ccnn1C. The van der Waals surface area contributed by atoms with Crippen molar-refractivity contribution in [3.05, 3.63) is 18.0 Å². The molecule has 0 aliphatic heterocycles. The van der Waals surface area contributed by atoms with Crippen molar-refractivity contribution in [2.24, 2.45) is 7.05 Å². The second kappa shape index (κ2) is 6.17. The molecule has 0 unspecified atom stereocenters. The van der Waals surface area contributed by atoms with E-state index in [-0.39, 0.29) is 5.54 Å². The van der Waals surface area contributed by atoms with Crippen LogP contribution >= 0.6 is 0 Å². The van der Waals surface area contributed by atoms with Crippen LogP contribution in [0.2, 0.25) is 0 Å². The molecule has 0 aliphatic carbocycles. The van der Waals surface area contributed by atoms with Gasteiger partial charge in [-0.1, -0.05) is 0 Å². The molecule has 0 atom stereocenters. The van der Waals surface area contributed by atoms with Gasteiger partial charge in [-0.15, -0.1) is 0 Å². The maximum atomic E-state index is 4.17. The van der Waals surface area contributed by atoms with Crippen molar-refractivity contribution in [3.8, 4) is 0 Å². The van der Waals surface area contributed by atoms with E-state index in [2.05, 4.69) is 49.2 Å². The fourth-order valence-corrected chi connectivity index (χ4v) is 1.69. The number of hydrogen-bond donors (Lipinski definition) is 1. The maximum Gasteiger partial charge on any atom is 0.0492 e. The van der Waals surface area contributed by atoms with E-state index in [9.17, 15) is 0 Å². The number of aromatic nitrogens is 2. The van der Waals surface area contributed by atoms with Gasteiger partial charge in [0.25, 0.3) is 0 Å². The van der Waals surface area contributed by atoms with Crippen LogP contribution in [-0.4, -0.2) is 46.9 Å². The normalized spacial score (nSPS) is 12.4.